The standard InChI is InChI=1S/C12H16N2O/c1-9-10-6-4-5-7-11(10)14(2)12(9)8-13-15-3/h4-7,13H,8H2,1-3H3. The zero-order valence-electron chi connectivity index (χ0n) is 9.37. The molecule has 1 N–H and O–H groups in total. The topological polar surface area (TPSA) is 26.2 Å². The molecule has 3 heteroatoms. The predicted octanol–water partition coefficient (Wildman–Crippen LogP) is 2.14. The van der Waals surface area contributed by atoms with Crippen LogP contribution in [-0.2, 0) is 18.4 Å². The van der Waals surface area contributed by atoms with Crippen molar-refractivity contribution in [2.75, 3.05) is 7.11 Å². The molecule has 0 amide bonds. The van der Waals surface area contributed by atoms with Gasteiger partial charge in [-0.25, -0.2) is 0 Å². The van der Waals surface area contributed by atoms with Crippen molar-refractivity contribution in [3.63, 3.8) is 0 Å². The van der Waals surface area contributed by atoms with Gasteiger partial charge >= 0.3 is 0 Å². The van der Waals surface area contributed by atoms with E-state index in [2.05, 4.69) is 48.3 Å². The van der Waals surface area contributed by atoms with Gasteiger partial charge in [0.2, 0.25) is 0 Å². The first kappa shape index (κ1) is 10.2. The van der Waals surface area contributed by atoms with Crippen molar-refractivity contribution in [2.45, 2.75) is 13.5 Å². The fraction of sp³-hybridized carbons (Fsp3) is 0.333. The highest BCUT2D eigenvalue weighted by Gasteiger charge is 2.09. The number of benzene rings is 1. The molecule has 1 aromatic carbocycles. The minimum atomic E-state index is 0.730. The molecule has 0 bridgehead atoms. The van der Waals surface area contributed by atoms with Crippen molar-refractivity contribution in [1.82, 2.24) is 10.0 Å². The number of fused-ring (bicyclic) bond motifs is 1. The number of nitrogens with one attached hydrogen (secondary N) is 1. The summed E-state index contributed by atoms with van der Waals surface area (Å²) in [5.41, 5.74) is 6.73. The van der Waals surface area contributed by atoms with Crippen molar-refractivity contribution in [1.29, 1.82) is 0 Å². The number of hydrogen-bond acceptors (Lipinski definition) is 2. The van der Waals surface area contributed by atoms with E-state index in [1.807, 2.05) is 0 Å². The van der Waals surface area contributed by atoms with Crippen LogP contribution in [0.2, 0.25) is 0 Å². The third-order valence-corrected chi connectivity index (χ3v) is 2.89. The van der Waals surface area contributed by atoms with Crippen LogP contribution in [0.25, 0.3) is 10.9 Å². The monoisotopic (exact) mass is 204 g/mol. The summed E-state index contributed by atoms with van der Waals surface area (Å²) in [6.07, 6.45) is 0. The molecular formula is C12H16N2O. The van der Waals surface area contributed by atoms with Gasteiger partial charge in [0.05, 0.1) is 13.7 Å². The van der Waals surface area contributed by atoms with Gasteiger partial charge in [0.15, 0.2) is 0 Å². The molecule has 80 valence electrons. The Morgan fingerprint density at radius 2 is 2.07 bits per heavy atom. The number of nitrogens with zero attached hydrogens (tertiary/aromatic N) is 1. The first-order chi connectivity index (χ1) is 7.25. The molecule has 1 aromatic heterocycles. The Hall–Kier alpha value is -1.32. The Balaban J connectivity index is 2.54. The molecule has 0 saturated heterocycles. The molecule has 0 aliphatic rings. The largest absolute Gasteiger partial charge is 0.346 e. The summed E-state index contributed by atoms with van der Waals surface area (Å²) in [5.74, 6) is 0. The van der Waals surface area contributed by atoms with Crippen molar-refractivity contribution in [3.8, 4) is 0 Å². The molecule has 0 radical (unpaired) electrons. The molecule has 2 rings (SSSR count). The molecule has 1 heterocycles. The summed E-state index contributed by atoms with van der Waals surface area (Å²) >= 11 is 0. The molecule has 0 saturated carbocycles. The van der Waals surface area contributed by atoms with Gasteiger partial charge in [0, 0.05) is 23.6 Å². The second-order valence-corrected chi connectivity index (χ2v) is 3.67. The quantitative estimate of drug-likeness (QED) is 0.775. The van der Waals surface area contributed by atoms with Gasteiger partial charge in [-0.15, -0.1) is 0 Å². The molecule has 0 unspecified atom stereocenters. The normalized spacial score (nSPS) is 11.1. The number of aryl methyl sites for hydroxylation is 2. The second-order valence-electron chi connectivity index (χ2n) is 3.67. The fourth-order valence-electron chi connectivity index (χ4n) is 2.03. The molecule has 0 fully saturated rings. The van der Waals surface area contributed by atoms with Crippen LogP contribution in [0.4, 0.5) is 0 Å². The summed E-state index contributed by atoms with van der Waals surface area (Å²) in [6.45, 7) is 2.88. The number of hydroxylamine groups is 1. The van der Waals surface area contributed by atoms with Crippen LogP contribution in [0, 0.1) is 6.92 Å². The lowest BCUT2D eigenvalue weighted by Gasteiger charge is -2.05. The van der Waals surface area contributed by atoms with Gasteiger partial charge in [-0.1, -0.05) is 18.2 Å². The first-order valence-electron chi connectivity index (χ1n) is 5.04. The fourth-order valence-corrected chi connectivity index (χ4v) is 2.03. The van der Waals surface area contributed by atoms with E-state index in [-0.39, 0.29) is 0 Å². The maximum Gasteiger partial charge on any atom is 0.0616 e. The second kappa shape index (κ2) is 4.04. The van der Waals surface area contributed by atoms with Crippen molar-refractivity contribution < 1.29 is 4.84 Å². The summed E-state index contributed by atoms with van der Waals surface area (Å²) < 4.78 is 2.21. The van der Waals surface area contributed by atoms with Crippen LogP contribution in [0.5, 0.6) is 0 Å². The van der Waals surface area contributed by atoms with Gasteiger partial charge in [-0.3, -0.25) is 0 Å². The van der Waals surface area contributed by atoms with E-state index in [1.54, 1.807) is 7.11 Å². The molecule has 2 aromatic rings. The van der Waals surface area contributed by atoms with E-state index in [0.717, 1.165) is 6.54 Å². The molecule has 0 aliphatic carbocycles. The highest BCUT2D eigenvalue weighted by Crippen LogP contribution is 2.23. The Morgan fingerprint density at radius 3 is 2.73 bits per heavy atom. The summed E-state index contributed by atoms with van der Waals surface area (Å²) in [5, 5.41) is 1.31. The highest BCUT2D eigenvalue weighted by atomic mass is 16.6. The lowest BCUT2D eigenvalue weighted by atomic mass is 10.1. The summed E-state index contributed by atoms with van der Waals surface area (Å²) in [7, 11) is 3.72. The summed E-state index contributed by atoms with van der Waals surface area (Å²) in [6, 6.07) is 8.43. The molecule has 0 spiro atoms. The van der Waals surface area contributed by atoms with Crippen LogP contribution in [0.1, 0.15) is 11.3 Å². The molecule has 0 aliphatic heterocycles. The molecule has 15 heavy (non-hydrogen) atoms. The third kappa shape index (κ3) is 1.64. The minimum absolute atomic E-state index is 0.730. The lowest BCUT2D eigenvalue weighted by Crippen LogP contribution is -2.14. The van der Waals surface area contributed by atoms with Gasteiger partial charge in [0.25, 0.3) is 0 Å². The van der Waals surface area contributed by atoms with E-state index in [9.17, 15) is 0 Å². The minimum Gasteiger partial charge on any atom is -0.346 e. The van der Waals surface area contributed by atoms with Gasteiger partial charge in [-0.2, -0.15) is 5.48 Å². The predicted molar refractivity (Wildman–Crippen MR) is 61.5 cm³/mol. The van der Waals surface area contributed by atoms with Crippen molar-refractivity contribution >= 4 is 10.9 Å². The summed E-state index contributed by atoms with van der Waals surface area (Å²) in [4.78, 5) is 4.89. The van der Waals surface area contributed by atoms with Crippen molar-refractivity contribution in [3.05, 3.63) is 35.5 Å². The lowest BCUT2D eigenvalue weighted by molar-refractivity contribution is 0.0852. The third-order valence-electron chi connectivity index (χ3n) is 2.89. The molecule has 0 atom stereocenters. The van der Waals surface area contributed by atoms with Gasteiger partial charge < -0.3 is 9.40 Å². The Labute approximate surface area is 89.6 Å². The number of hydrogen-bond donors (Lipinski definition) is 1. The Bertz CT molecular complexity index is 435. The van der Waals surface area contributed by atoms with E-state index in [1.165, 1.54) is 22.2 Å². The van der Waals surface area contributed by atoms with E-state index in [4.69, 9.17) is 4.84 Å². The maximum atomic E-state index is 4.89. The number of rotatable bonds is 3. The zero-order valence-corrected chi connectivity index (χ0v) is 9.37. The number of aromatic nitrogens is 1. The average molecular weight is 204 g/mol. The van der Waals surface area contributed by atoms with E-state index >= 15 is 0 Å². The Morgan fingerprint density at radius 1 is 1.33 bits per heavy atom. The van der Waals surface area contributed by atoms with Crippen LogP contribution >= 0.6 is 0 Å². The van der Waals surface area contributed by atoms with Gasteiger partial charge in [-0.05, 0) is 18.6 Å². The SMILES string of the molecule is CONCc1c(C)c2ccccc2n1C. The smallest absolute Gasteiger partial charge is 0.0616 e. The Kier molecular flexibility index (Phi) is 2.75. The van der Waals surface area contributed by atoms with Crippen LogP contribution < -0.4 is 5.48 Å². The van der Waals surface area contributed by atoms with Crippen LogP contribution in [0.3, 0.4) is 0 Å². The van der Waals surface area contributed by atoms with E-state index in [0.29, 0.717) is 0 Å². The molecule has 3 nitrogen and oxygen atoms in total. The highest BCUT2D eigenvalue weighted by molar-refractivity contribution is 5.85. The van der Waals surface area contributed by atoms with Crippen LogP contribution in [0.15, 0.2) is 24.3 Å². The number of para-hydroxylation sites is 1. The van der Waals surface area contributed by atoms with Crippen molar-refractivity contribution in [2.24, 2.45) is 7.05 Å². The maximum absolute atomic E-state index is 4.89. The average Bonchev–Trinajstić information content (AvgIpc) is 2.51. The van der Waals surface area contributed by atoms with Gasteiger partial charge in [0.1, 0.15) is 0 Å². The first-order valence-corrected chi connectivity index (χ1v) is 5.04. The van der Waals surface area contributed by atoms with E-state index < -0.39 is 0 Å². The molecular weight excluding hydrogens is 188 g/mol. The zero-order chi connectivity index (χ0) is 10.8. The van der Waals surface area contributed by atoms with Crippen LogP contribution in [-0.4, -0.2) is 11.7 Å².